The second kappa shape index (κ2) is 7.35. The van der Waals surface area contributed by atoms with Gasteiger partial charge in [-0.1, -0.05) is 0 Å². The molecule has 7 nitrogen and oxygen atoms in total. The molecule has 0 aromatic rings. The molecule has 0 radical (unpaired) electrons. The first-order chi connectivity index (χ1) is 9.34. The van der Waals surface area contributed by atoms with E-state index in [1.807, 2.05) is 0 Å². The lowest BCUT2D eigenvalue weighted by Crippen LogP contribution is -2.50. The Hall–Kier alpha value is -0.700. The number of esters is 1. The van der Waals surface area contributed by atoms with Gasteiger partial charge in [0.15, 0.2) is 0 Å². The molecule has 118 valence electrons. The van der Waals surface area contributed by atoms with Crippen molar-refractivity contribution in [3.05, 3.63) is 0 Å². The lowest BCUT2D eigenvalue weighted by molar-refractivity contribution is -0.146. The Balaban J connectivity index is 2.73. The first-order valence-corrected chi connectivity index (χ1v) is 8.19. The van der Waals surface area contributed by atoms with Crippen LogP contribution in [0.4, 0.5) is 0 Å². The van der Waals surface area contributed by atoms with E-state index in [2.05, 4.69) is 4.74 Å². The third-order valence-corrected chi connectivity index (χ3v) is 5.72. The number of carbonyl (C=O) groups is 1. The van der Waals surface area contributed by atoms with Crippen molar-refractivity contribution < 1.29 is 23.1 Å². The fraction of sp³-hybridized carbons (Fsp3) is 0.917. The van der Waals surface area contributed by atoms with Crippen LogP contribution in [0.1, 0.15) is 26.7 Å². The van der Waals surface area contributed by atoms with E-state index in [0.717, 1.165) is 0 Å². The highest BCUT2D eigenvalue weighted by molar-refractivity contribution is 7.86. The predicted octanol–water partition coefficient (Wildman–Crippen LogP) is -0.181. The topological polar surface area (TPSA) is 87.2 Å². The van der Waals surface area contributed by atoms with Crippen LogP contribution >= 0.6 is 0 Å². The molecule has 1 aliphatic heterocycles. The van der Waals surface area contributed by atoms with Gasteiger partial charge in [0.25, 0.3) is 10.2 Å². The third kappa shape index (κ3) is 3.91. The first kappa shape index (κ1) is 17.4. The van der Waals surface area contributed by atoms with Crippen LogP contribution in [0.25, 0.3) is 0 Å². The van der Waals surface area contributed by atoms with Gasteiger partial charge in [-0.2, -0.15) is 17.0 Å². The molecule has 0 bridgehead atoms. The average Bonchev–Trinajstić information content (AvgIpc) is 2.43. The zero-order valence-corrected chi connectivity index (χ0v) is 13.1. The smallest absolute Gasteiger partial charge is 0.308 e. The summed E-state index contributed by atoms with van der Waals surface area (Å²) in [6.07, 6.45) is 0.938. The normalized spacial score (nSPS) is 18.7. The number of aliphatic hydroxyl groups is 1. The number of methoxy groups -OCH3 is 1. The molecule has 0 aromatic carbocycles. The maximum atomic E-state index is 12.5. The SMILES string of the molecule is COC(=O)C1CCN(S(=O)(=O)N(CCO)C(C)C)CC1. The van der Waals surface area contributed by atoms with Crippen molar-refractivity contribution in [2.75, 3.05) is 33.4 Å². The molecule has 0 aliphatic carbocycles. The largest absolute Gasteiger partial charge is 0.469 e. The van der Waals surface area contributed by atoms with Gasteiger partial charge in [0.05, 0.1) is 19.6 Å². The Bertz CT molecular complexity index is 416. The summed E-state index contributed by atoms with van der Waals surface area (Å²) in [6, 6.07) is -0.217. The monoisotopic (exact) mass is 308 g/mol. The van der Waals surface area contributed by atoms with Gasteiger partial charge in [0.1, 0.15) is 0 Å². The van der Waals surface area contributed by atoms with Crippen molar-refractivity contribution in [1.82, 2.24) is 8.61 Å². The van der Waals surface area contributed by atoms with Crippen molar-refractivity contribution in [3.8, 4) is 0 Å². The van der Waals surface area contributed by atoms with Gasteiger partial charge in [-0.15, -0.1) is 0 Å². The number of hydrogen-bond donors (Lipinski definition) is 1. The number of carbonyl (C=O) groups excluding carboxylic acids is 1. The molecule has 0 spiro atoms. The van der Waals surface area contributed by atoms with Crippen molar-refractivity contribution in [2.45, 2.75) is 32.7 Å². The standard InChI is InChI=1S/C12H24N2O5S/c1-10(2)14(8-9-15)20(17,18)13-6-4-11(5-7-13)12(16)19-3/h10-11,15H,4-9H2,1-3H3. The first-order valence-electron chi connectivity index (χ1n) is 6.80. The highest BCUT2D eigenvalue weighted by atomic mass is 32.2. The fourth-order valence-electron chi connectivity index (χ4n) is 2.38. The predicted molar refractivity (Wildman–Crippen MR) is 74.2 cm³/mol. The van der Waals surface area contributed by atoms with Crippen molar-refractivity contribution in [2.24, 2.45) is 5.92 Å². The number of hydrogen-bond acceptors (Lipinski definition) is 5. The number of ether oxygens (including phenoxy) is 1. The molecule has 1 saturated heterocycles. The minimum Gasteiger partial charge on any atom is -0.469 e. The highest BCUT2D eigenvalue weighted by Crippen LogP contribution is 2.23. The van der Waals surface area contributed by atoms with Crippen LogP contribution in [0.2, 0.25) is 0 Å². The second-order valence-corrected chi connectivity index (χ2v) is 7.01. The molecular formula is C12H24N2O5S. The molecule has 1 heterocycles. The summed E-state index contributed by atoms with van der Waals surface area (Å²) < 4.78 is 32.3. The zero-order chi connectivity index (χ0) is 15.3. The van der Waals surface area contributed by atoms with Crippen molar-refractivity contribution in [3.63, 3.8) is 0 Å². The van der Waals surface area contributed by atoms with Crippen molar-refractivity contribution in [1.29, 1.82) is 0 Å². The van der Waals surface area contributed by atoms with E-state index in [1.54, 1.807) is 13.8 Å². The van der Waals surface area contributed by atoms with Gasteiger partial charge in [-0.3, -0.25) is 4.79 Å². The van der Waals surface area contributed by atoms with Crippen LogP contribution in [-0.4, -0.2) is 67.5 Å². The Morgan fingerprint density at radius 2 is 1.95 bits per heavy atom. The highest BCUT2D eigenvalue weighted by Gasteiger charge is 2.35. The van der Waals surface area contributed by atoms with Gasteiger partial charge >= 0.3 is 5.97 Å². The summed E-state index contributed by atoms with van der Waals surface area (Å²) in [5.74, 6) is -0.505. The van der Waals surface area contributed by atoms with Gasteiger partial charge in [-0.05, 0) is 26.7 Å². The van der Waals surface area contributed by atoms with Crippen LogP contribution in [0.15, 0.2) is 0 Å². The summed E-state index contributed by atoms with van der Waals surface area (Å²) in [5.41, 5.74) is 0. The minimum atomic E-state index is -3.59. The molecule has 0 atom stereocenters. The minimum absolute atomic E-state index is 0.0803. The maximum absolute atomic E-state index is 12.5. The summed E-state index contributed by atoms with van der Waals surface area (Å²) >= 11 is 0. The third-order valence-electron chi connectivity index (χ3n) is 3.51. The number of piperidine rings is 1. The molecule has 1 aliphatic rings. The van der Waals surface area contributed by atoms with Gasteiger partial charge in [0.2, 0.25) is 0 Å². The molecule has 1 N–H and O–H groups in total. The summed E-state index contributed by atoms with van der Waals surface area (Å²) in [5, 5.41) is 9.01. The Labute approximate surface area is 120 Å². The molecule has 0 aromatic heterocycles. The van der Waals surface area contributed by atoms with Crippen LogP contribution < -0.4 is 0 Å². The van der Waals surface area contributed by atoms with Gasteiger partial charge in [0, 0.05) is 25.7 Å². The quantitative estimate of drug-likeness (QED) is 0.688. The molecular weight excluding hydrogens is 284 g/mol. The molecule has 8 heteroatoms. The van der Waals surface area contributed by atoms with E-state index in [1.165, 1.54) is 15.7 Å². The second-order valence-electron chi connectivity index (χ2n) is 5.13. The van der Waals surface area contributed by atoms with Gasteiger partial charge < -0.3 is 9.84 Å². The zero-order valence-electron chi connectivity index (χ0n) is 12.3. The number of aliphatic hydroxyl groups excluding tert-OH is 1. The Morgan fingerprint density at radius 1 is 1.40 bits per heavy atom. The van der Waals surface area contributed by atoms with E-state index in [0.29, 0.717) is 25.9 Å². The van der Waals surface area contributed by atoms with E-state index in [9.17, 15) is 13.2 Å². The molecule has 0 saturated carbocycles. The van der Waals surface area contributed by atoms with Crippen LogP contribution in [-0.2, 0) is 19.7 Å². The molecule has 1 fully saturated rings. The Kier molecular flexibility index (Phi) is 6.38. The van der Waals surface area contributed by atoms with Crippen LogP contribution in [0, 0.1) is 5.92 Å². The molecule has 20 heavy (non-hydrogen) atoms. The van der Waals surface area contributed by atoms with Gasteiger partial charge in [-0.25, -0.2) is 0 Å². The number of rotatable bonds is 6. The number of nitrogens with zero attached hydrogens (tertiary/aromatic N) is 2. The molecule has 0 unspecified atom stereocenters. The van der Waals surface area contributed by atoms with E-state index in [-0.39, 0.29) is 31.1 Å². The molecule has 1 rings (SSSR count). The van der Waals surface area contributed by atoms with Crippen LogP contribution in [0.5, 0.6) is 0 Å². The van der Waals surface area contributed by atoms with E-state index >= 15 is 0 Å². The lowest BCUT2D eigenvalue weighted by atomic mass is 9.99. The lowest BCUT2D eigenvalue weighted by Gasteiger charge is -2.35. The average molecular weight is 308 g/mol. The fourth-order valence-corrected chi connectivity index (χ4v) is 4.19. The summed E-state index contributed by atoms with van der Waals surface area (Å²) in [4.78, 5) is 11.4. The summed E-state index contributed by atoms with van der Waals surface area (Å²) in [6.45, 7) is 4.02. The molecule has 0 amide bonds. The maximum Gasteiger partial charge on any atom is 0.308 e. The van der Waals surface area contributed by atoms with Crippen molar-refractivity contribution >= 4 is 16.2 Å². The summed E-state index contributed by atoms with van der Waals surface area (Å²) in [7, 11) is -2.25. The van der Waals surface area contributed by atoms with E-state index < -0.39 is 10.2 Å². The van der Waals surface area contributed by atoms with Crippen LogP contribution in [0.3, 0.4) is 0 Å². The Morgan fingerprint density at radius 3 is 2.35 bits per heavy atom. The van der Waals surface area contributed by atoms with E-state index in [4.69, 9.17) is 5.11 Å².